The Morgan fingerprint density at radius 3 is 2.50 bits per heavy atom. The number of aromatic nitrogens is 4. The Balaban J connectivity index is 2.43. The number of aryl methyl sites for hydroxylation is 1. The van der Waals surface area contributed by atoms with Gasteiger partial charge in [0.15, 0.2) is 0 Å². The zero-order valence-corrected chi connectivity index (χ0v) is 12.6. The van der Waals surface area contributed by atoms with Crippen molar-refractivity contribution in [3.05, 3.63) is 17.6 Å². The second kappa shape index (κ2) is 4.82. The molecule has 0 bridgehead atoms. The van der Waals surface area contributed by atoms with Gasteiger partial charge in [0.25, 0.3) is 10.0 Å². The Morgan fingerprint density at radius 1 is 1.40 bits per heavy atom. The smallest absolute Gasteiger partial charge is 0.267 e. The number of rotatable bonds is 4. The van der Waals surface area contributed by atoms with E-state index in [2.05, 4.69) is 20.0 Å². The Morgan fingerprint density at radius 2 is 2.05 bits per heavy atom. The minimum Gasteiger partial charge on any atom is -0.383 e. The number of nitrogen functional groups attached to an aromatic ring is 1. The molecule has 0 spiro atoms. The largest absolute Gasteiger partial charge is 0.383 e. The summed E-state index contributed by atoms with van der Waals surface area (Å²) in [6.07, 6.45) is 1.18. The van der Waals surface area contributed by atoms with Crippen molar-refractivity contribution in [2.75, 3.05) is 10.5 Å². The van der Waals surface area contributed by atoms with Crippen LogP contribution in [0.15, 0.2) is 11.1 Å². The third-order valence-electron chi connectivity index (χ3n) is 2.97. The van der Waals surface area contributed by atoms with Crippen LogP contribution in [-0.2, 0) is 10.0 Å². The van der Waals surface area contributed by atoms with Crippen molar-refractivity contribution in [1.82, 2.24) is 20.0 Å². The number of H-pyrrole nitrogens is 1. The van der Waals surface area contributed by atoms with E-state index in [-0.39, 0.29) is 16.8 Å². The van der Waals surface area contributed by atoms with Gasteiger partial charge in [-0.2, -0.15) is 10.2 Å². The molecule has 2 aromatic heterocycles. The van der Waals surface area contributed by atoms with Gasteiger partial charge in [0.1, 0.15) is 10.7 Å². The van der Waals surface area contributed by atoms with Crippen LogP contribution < -0.4 is 10.5 Å². The normalized spacial score (nSPS) is 12.1. The van der Waals surface area contributed by atoms with Crippen LogP contribution in [0.3, 0.4) is 0 Å². The summed E-state index contributed by atoms with van der Waals surface area (Å²) >= 11 is 0. The van der Waals surface area contributed by atoms with Gasteiger partial charge >= 0.3 is 0 Å². The van der Waals surface area contributed by atoms with E-state index < -0.39 is 10.0 Å². The van der Waals surface area contributed by atoms with E-state index >= 15 is 0 Å². The number of hydrogen-bond donors (Lipinski definition) is 3. The predicted molar refractivity (Wildman–Crippen MR) is 75.9 cm³/mol. The number of aromatic amines is 1. The first kappa shape index (κ1) is 14.4. The van der Waals surface area contributed by atoms with Gasteiger partial charge in [-0.05, 0) is 27.7 Å². The monoisotopic (exact) mass is 298 g/mol. The lowest BCUT2D eigenvalue weighted by atomic mass is 10.3. The Hall–Kier alpha value is -2.03. The molecule has 0 aliphatic heterocycles. The quantitative estimate of drug-likeness (QED) is 0.783. The van der Waals surface area contributed by atoms with E-state index in [1.807, 2.05) is 20.8 Å². The molecule has 2 heterocycles. The molecule has 0 saturated carbocycles. The van der Waals surface area contributed by atoms with E-state index in [0.717, 1.165) is 5.69 Å². The first-order valence-electron chi connectivity index (χ1n) is 6.11. The first-order chi connectivity index (χ1) is 9.24. The number of nitrogens with zero attached hydrogens (tertiary/aromatic N) is 3. The van der Waals surface area contributed by atoms with Crippen molar-refractivity contribution in [3.8, 4) is 0 Å². The highest BCUT2D eigenvalue weighted by molar-refractivity contribution is 7.92. The molecule has 8 nitrogen and oxygen atoms in total. The highest BCUT2D eigenvalue weighted by Gasteiger charge is 2.23. The van der Waals surface area contributed by atoms with Gasteiger partial charge < -0.3 is 5.73 Å². The zero-order chi connectivity index (χ0) is 15.1. The minimum atomic E-state index is -3.78. The lowest BCUT2D eigenvalue weighted by Gasteiger charge is -2.10. The van der Waals surface area contributed by atoms with Gasteiger partial charge in [-0.3, -0.25) is 14.5 Å². The van der Waals surface area contributed by atoms with Crippen molar-refractivity contribution in [2.24, 2.45) is 0 Å². The number of nitrogens with two attached hydrogens (primary N) is 1. The lowest BCUT2D eigenvalue weighted by Crippen LogP contribution is -2.15. The minimum absolute atomic E-state index is 0.00376. The summed E-state index contributed by atoms with van der Waals surface area (Å²) in [4.78, 5) is -0.0754. The number of anilines is 2. The summed E-state index contributed by atoms with van der Waals surface area (Å²) in [6.45, 7) is 7.52. The van der Waals surface area contributed by atoms with Crippen LogP contribution in [0.1, 0.15) is 31.3 Å². The number of sulfonamides is 1. The molecule has 0 atom stereocenters. The SMILES string of the molecule is Cc1nn(C(C)C)c(C)c1NS(=O)(=O)c1cn[nH]c1N. The molecule has 0 aliphatic carbocycles. The summed E-state index contributed by atoms with van der Waals surface area (Å²) < 4.78 is 28.8. The summed E-state index contributed by atoms with van der Waals surface area (Å²) in [5.74, 6) is 0.00376. The third kappa shape index (κ3) is 2.36. The molecular formula is C11H18N6O2S. The summed E-state index contributed by atoms with van der Waals surface area (Å²) in [5.41, 5.74) is 7.39. The van der Waals surface area contributed by atoms with E-state index in [1.54, 1.807) is 11.6 Å². The highest BCUT2D eigenvalue weighted by Crippen LogP contribution is 2.26. The van der Waals surface area contributed by atoms with Crippen LogP contribution in [-0.4, -0.2) is 28.4 Å². The Labute approximate surface area is 117 Å². The maximum atomic E-state index is 12.3. The molecule has 0 aromatic carbocycles. The van der Waals surface area contributed by atoms with Gasteiger partial charge in [-0.1, -0.05) is 0 Å². The fourth-order valence-electron chi connectivity index (χ4n) is 2.00. The fraction of sp³-hybridized carbons (Fsp3) is 0.455. The fourth-order valence-corrected chi connectivity index (χ4v) is 3.20. The van der Waals surface area contributed by atoms with Crippen LogP contribution in [0.2, 0.25) is 0 Å². The zero-order valence-electron chi connectivity index (χ0n) is 11.8. The van der Waals surface area contributed by atoms with E-state index in [0.29, 0.717) is 11.4 Å². The molecule has 0 saturated heterocycles. The van der Waals surface area contributed by atoms with Crippen molar-refractivity contribution in [2.45, 2.75) is 38.6 Å². The summed E-state index contributed by atoms with van der Waals surface area (Å²) in [7, 11) is -3.78. The number of nitrogens with one attached hydrogen (secondary N) is 2. The van der Waals surface area contributed by atoms with Crippen LogP contribution in [0, 0.1) is 13.8 Å². The van der Waals surface area contributed by atoms with Crippen LogP contribution in [0.4, 0.5) is 11.5 Å². The van der Waals surface area contributed by atoms with E-state index in [4.69, 9.17) is 5.73 Å². The van der Waals surface area contributed by atoms with Crippen LogP contribution in [0.5, 0.6) is 0 Å². The summed E-state index contributed by atoms with van der Waals surface area (Å²) in [6, 6.07) is 0.144. The molecule has 110 valence electrons. The third-order valence-corrected chi connectivity index (χ3v) is 4.35. The van der Waals surface area contributed by atoms with Crippen LogP contribution >= 0.6 is 0 Å². The average molecular weight is 298 g/mol. The molecule has 0 fully saturated rings. The lowest BCUT2D eigenvalue weighted by molar-refractivity contribution is 0.516. The van der Waals surface area contributed by atoms with E-state index in [1.165, 1.54) is 6.20 Å². The van der Waals surface area contributed by atoms with Gasteiger partial charge in [0.05, 0.1) is 23.3 Å². The topological polar surface area (TPSA) is 119 Å². The molecule has 2 rings (SSSR count). The maximum absolute atomic E-state index is 12.3. The average Bonchev–Trinajstić information content (AvgIpc) is 2.88. The molecule has 0 unspecified atom stereocenters. The van der Waals surface area contributed by atoms with Gasteiger partial charge in [-0.25, -0.2) is 8.42 Å². The molecule has 0 radical (unpaired) electrons. The van der Waals surface area contributed by atoms with Gasteiger partial charge in [0, 0.05) is 6.04 Å². The first-order valence-corrected chi connectivity index (χ1v) is 7.59. The molecule has 2 aromatic rings. The molecule has 20 heavy (non-hydrogen) atoms. The van der Waals surface area contributed by atoms with Gasteiger partial charge in [-0.15, -0.1) is 0 Å². The molecule has 0 amide bonds. The Bertz CT molecular complexity index is 728. The summed E-state index contributed by atoms with van der Waals surface area (Å²) in [5, 5.41) is 10.4. The van der Waals surface area contributed by atoms with E-state index in [9.17, 15) is 8.42 Å². The van der Waals surface area contributed by atoms with Crippen molar-refractivity contribution < 1.29 is 8.42 Å². The standard InChI is InChI=1S/C11H18N6O2S/c1-6(2)17-8(4)10(7(3)15-17)16-20(18,19)9-5-13-14-11(9)12/h5-6,16H,1-4H3,(H3,12,13,14). The maximum Gasteiger partial charge on any atom is 0.267 e. The molecule has 9 heteroatoms. The second-order valence-electron chi connectivity index (χ2n) is 4.84. The van der Waals surface area contributed by atoms with Crippen molar-refractivity contribution in [3.63, 3.8) is 0 Å². The van der Waals surface area contributed by atoms with Crippen molar-refractivity contribution >= 4 is 21.5 Å². The van der Waals surface area contributed by atoms with Gasteiger partial charge in [0.2, 0.25) is 0 Å². The van der Waals surface area contributed by atoms with Crippen molar-refractivity contribution in [1.29, 1.82) is 0 Å². The van der Waals surface area contributed by atoms with Crippen LogP contribution in [0.25, 0.3) is 0 Å². The predicted octanol–water partition coefficient (Wildman–Crippen LogP) is 1.19. The molecule has 4 N–H and O–H groups in total. The second-order valence-corrected chi connectivity index (χ2v) is 6.49. The number of hydrogen-bond acceptors (Lipinski definition) is 5. The molecular weight excluding hydrogens is 280 g/mol. The Kier molecular flexibility index (Phi) is 3.46. The molecule has 0 aliphatic rings. The highest BCUT2D eigenvalue weighted by atomic mass is 32.2.